The van der Waals surface area contributed by atoms with Crippen molar-refractivity contribution in [3.05, 3.63) is 62.2 Å². The molecule has 0 fully saturated rings. The van der Waals surface area contributed by atoms with Gasteiger partial charge in [0.15, 0.2) is 5.82 Å². The van der Waals surface area contributed by atoms with Crippen molar-refractivity contribution < 1.29 is 4.92 Å². The fourth-order valence-electron chi connectivity index (χ4n) is 1.85. The summed E-state index contributed by atoms with van der Waals surface area (Å²) in [5.41, 5.74) is 0.381. The topological polar surface area (TPSA) is 89.1 Å². The van der Waals surface area contributed by atoms with Crippen molar-refractivity contribution in [1.29, 1.82) is 0 Å². The van der Waals surface area contributed by atoms with Gasteiger partial charge in [0, 0.05) is 6.07 Å². The maximum absolute atomic E-state index is 11.0. The monoisotopic (exact) mass is 331 g/mol. The lowest BCUT2D eigenvalue weighted by Gasteiger charge is -1.99. The van der Waals surface area contributed by atoms with Gasteiger partial charge in [-0.1, -0.05) is 18.2 Å². The molecule has 0 aliphatic heterocycles. The smallest absolute Gasteiger partial charge is 0.258 e. The number of benzene rings is 1. The van der Waals surface area contributed by atoms with E-state index in [0.717, 1.165) is 4.88 Å². The van der Waals surface area contributed by atoms with E-state index in [1.807, 2.05) is 17.5 Å². The minimum atomic E-state index is -0.448. The number of nitrogens with zero attached hydrogens (tertiary/aromatic N) is 4. The van der Waals surface area contributed by atoms with Crippen LogP contribution in [0, 0.1) is 14.9 Å². The molecule has 2 heterocycles. The SMILES string of the molecule is O=[N+]([O-])c1ccccc1/C=N\n1c(-c2cccs2)n[nH]c1=S. The normalized spacial score (nSPS) is 11.1. The highest BCUT2D eigenvalue weighted by molar-refractivity contribution is 7.71. The second-order valence-electron chi connectivity index (χ2n) is 4.20. The second-order valence-corrected chi connectivity index (χ2v) is 5.54. The van der Waals surface area contributed by atoms with Crippen LogP contribution < -0.4 is 0 Å². The van der Waals surface area contributed by atoms with E-state index in [0.29, 0.717) is 16.2 Å². The van der Waals surface area contributed by atoms with Gasteiger partial charge in [-0.25, -0.2) is 5.10 Å². The van der Waals surface area contributed by atoms with E-state index in [2.05, 4.69) is 15.3 Å². The van der Waals surface area contributed by atoms with E-state index in [1.54, 1.807) is 18.2 Å². The number of H-pyrrole nitrogens is 1. The first-order valence-corrected chi connectivity index (χ1v) is 7.44. The molecular weight excluding hydrogens is 322 g/mol. The fourth-order valence-corrected chi connectivity index (χ4v) is 2.72. The number of nitro groups is 1. The van der Waals surface area contributed by atoms with E-state index in [1.165, 1.54) is 28.3 Å². The zero-order valence-electron chi connectivity index (χ0n) is 11.0. The molecule has 3 rings (SSSR count). The lowest BCUT2D eigenvalue weighted by atomic mass is 10.2. The van der Waals surface area contributed by atoms with E-state index in [4.69, 9.17) is 12.2 Å². The van der Waals surface area contributed by atoms with Crippen LogP contribution >= 0.6 is 23.6 Å². The molecule has 0 atom stereocenters. The molecule has 1 N–H and O–H groups in total. The number of nitro benzene ring substituents is 1. The highest BCUT2D eigenvalue weighted by atomic mass is 32.1. The zero-order chi connectivity index (χ0) is 15.5. The summed E-state index contributed by atoms with van der Waals surface area (Å²) >= 11 is 6.65. The first-order chi connectivity index (χ1) is 10.7. The standard InChI is InChI=1S/C13H9N5O2S2/c19-18(20)10-5-2-1-4-9(10)8-14-17-12(15-16-13(17)21)11-6-3-7-22-11/h1-8H,(H,16,21)/b14-8-. The van der Waals surface area contributed by atoms with Crippen LogP contribution in [0.1, 0.15) is 5.56 Å². The van der Waals surface area contributed by atoms with E-state index >= 15 is 0 Å². The zero-order valence-corrected chi connectivity index (χ0v) is 12.7. The van der Waals surface area contributed by atoms with Crippen LogP contribution in [-0.4, -0.2) is 26.0 Å². The van der Waals surface area contributed by atoms with Crippen LogP contribution in [0.3, 0.4) is 0 Å². The summed E-state index contributed by atoms with van der Waals surface area (Å²) in [6, 6.07) is 10.2. The van der Waals surface area contributed by atoms with Crippen LogP contribution in [-0.2, 0) is 0 Å². The van der Waals surface area contributed by atoms with Crippen LogP contribution in [0.2, 0.25) is 0 Å². The van der Waals surface area contributed by atoms with Gasteiger partial charge in [0.2, 0.25) is 4.77 Å². The molecule has 3 aromatic rings. The van der Waals surface area contributed by atoms with Crippen molar-refractivity contribution in [2.45, 2.75) is 0 Å². The van der Waals surface area contributed by atoms with Gasteiger partial charge in [0.25, 0.3) is 5.69 Å². The van der Waals surface area contributed by atoms with Gasteiger partial charge in [0.05, 0.1) is 21.6 Å². The third-order valence-electron chi connectivity index (χ3n) is 2.84. The predicted octanol–water partition coefficient (Wildman–Crippen LogP) is 3.46. The minimum absolute atomic E-state index is 0.0149. The fraction of sp³-hybridized carbons (Fsp3) is 0. The first-order valence-electron chi connectivity index (χ1n) is 6.16. The molecule has 0 aliphatic carbocycles. The number of hydrogen-bond donors (Lipinski definition) is 1. The van der Waals surface area contributed by atoms with Gasteiger partial charge in [0.1, 0.15) is 0 Å². The molecular formula is C13H9N5O2S2. The van der Waals surface area contributed by atoms with Crippen molar-refractivity contribution >= 4 is 35.5 Å². The van der Waals surface area contributed by atoms with E-state index < -0.39 is 4.92 Å². The molecule has 0 amide bonds. The second kappa shape index (κ2) is 6.00. The number of rotatable bonds is 4. The maximum Gasteiger partial charge on any atom is 0.278 e. The lowest BCUT2D eigenvalue weighted by Crippen LogP contribution is -1.97. The number of nitrogens with one attached hydrogen (secondary N) is 1. The van der Waals surface area contributed by atoms with Gasteiger partial charge < -0.3 is 0 Å². The molecule has 9 heteroatoms. The molecule has 0 spiro atoms. The van der Waals surface area contributed by atoms with Crippen LogP contribution in [0.15, 0.2) is 46.9 Å². The Morgan fingerprint density at radius 3 is 2.91 bits per heavy atom. The average Bonchev–Trinajstić information content (AvgIpc) is 3.15. The van der Waals surface area contributed by atoms with Crippen LogP contribution in [0.25, 0.3) is 10.7 Å². The number of thiophene rings is 1. The minimum Gasteiger partial charge on any atom is -0.258 e. The highest BCUT2D eigenvalue weighted by Crippen LogP contribution is 2.23. The Morgan fingerprint density at radius 2 is 2.18 bits per heavy atom. The quantitative estimate of drug-likeness (QED) is 0.343. The van der Waals surface area contributed by atoms with Crippen LogP contribution in [0.4, 0.5) is 5.69 Å². The molecule has 1 aromatic carbocycles. The summed E-state index contributed by atoms with van der Waals surface area (Å²) in [4.78, 5) is 11.5. The Labute approximate surface area is 133 Å². The van der Waals surface area contributed by atoms with Crippen molar-refractivity contribution in [3.63, 3.8) is 0 Å². The third-order valence-corrected chi connectivity index (χ3v) is 3.97. The summed E-state index contributed by atoms with van der Waals surface area (Å²) in [6.07, 6.45) is 1.40. The summed E-state index contributed by atoms with van der Waals surface area (Å²) < 4.78 is 1.76. The summed E-state index contributed by atoms with van der Waals surface area (Å²) in [5.74, 6) is 0.565. The summed E-state index contributed by atoms with van der Waals surface area (Å²) in [6.45, 7) is 0. The van der Waals surface area contributed by atoms with Crippen molar-refractivity contribution in [2.24, 2.45) is 5.10 Å². The largest absolute Gasteiger partial charge is 0.278 e. The Morgan fingerprint density at radius 1 is 1.36 bits per heavy atom. The van der Waals surface area contributed by atoms with Gasteiger partial charge >= 0.3 is 0 Å². The summed E-state index contributed by atoms with van der Waals surface area (Å²) in [5, 5.41) is 24.0. The molecule has 0 unspecified atom stereocenters. The van der Waals surface area contributed by atoms with Crippen molar-refractivity contribution in [3.8, 4) is 10.7 Å². The first kappa shape index (κ1) is 14.3. The van der Waals surface area contributed by atoms with Gasteiger partial charge in [-0.2, -0.15) is 14.9 Å². The molecule has 0 bridgehead atoms. The van der Waals surface area contributed by atoms with Gasteiger partial charge in [-0.3, -0.25) is 10.1 Å². The number of para-hydroxylation sites is 1. The number of aromatic amines is 1. The molecule has 0 radical (unpaired) electrons. The van der Waals surface area contributed by atoms with Crippen LogP contribution in [0.5, 0.6) is 0 Å². The number of aromatic nitrogens is 3. The molecule has 7 nitrogen and oxygen atoms in total. The number of hydrogen-bond acceptors (Lipinski definition) is 6. The molecule has 0 saturated carbocycles. The summed E-state index contributed by atoms with van der Waals surface area (Å²) in [7, 11) is 0. The Hall–Kier alpha value is -2.65. The Bertz CT molecular complexity index is 895. The van der Waals surface area contributed by atoms with Gasteiger partial charge in [-0.15, -0.1) is 11.3 Å². The Balaban J connectivity index is 2.03. The molecule has 0 saturated heterocycles. The third kappa shape index (κ3) is 2.71. The van der Waals surface area contributed by atoms with Crippen molar-refractivity contribution in [2.75, 3.05) is 0 Å². The predicted molar refractivity (Wildman–Crippen MR) is 86.8 cm³/mol. The molecule has 0 aliphatic rings. The van der Waals surface area contributed by atoms with Gasteiger partial charge in [-0.05, 0) is 29.7 Å². The van der Waals surface area contributed by atoms with E-state index in [9.17, 15) is 10.1 Å². The Kier molecular flexibility index (Phi) is 3.90. The highest BCUT2D eigenvalue weighted by Gasteiger charge is 2.12. The lowest BCUT2D eigenvalue weighted by molar-refractivity contribution is -0.385. The molecule has 110 valence electrons. The molecule has 22 heavy (non-hydrogen) atoms. The maximum atomic E-state index is 11.0. The molecule has 2 aromatic heterocycles. The average molecular weight is 331 g/mol. The van der Waals surface area contributed by atoms with Crippen molar-refractivity contribution in [1.82, 2.24) is 14.9 Å². The van der Waals surface area contributed by atoms with E-state index in [-0.39, 0.29) is 5.69 Å².